The molecule has 1 aliphatic carbocycles. The van der Waals surface area contributed by atoms with Crippen LogP contribution in [0, 0.1) is 0 Å². The van der Waals surface area contributed by atoms with E-state index >= 15 is 0 Å². The molecule has 0 saturated carbocycles. The van der Waals surface area contributed by atoms with Crippen LogP contribution < -0.4 is 5.73 Å². The molecule has 1 saturated heterocycles. The van der Waals surface area contributed by atoms with E-state index in [4.69, 9.17) is 5.73 Å². The number of nitrogens with zero attached hydrogens (tertiary/aromatic N) is 5. The van der Waals surface area contributed by atoms with Crippen molar-refractivity contribution >= 4 is 22.7 Å². The van der Waals surface area contributed by atoms with Crippen molar-refractivity contribution in [1.82, 2.24) is 4.90 Å². The summed E-state index contributed by atoms with van der Waals surface area (Å²) in [5.74, 6) is 0. The highest BCUT2D eigenvalue weighted by atomic mass is 15.2. The standard InChI is InChI=1S/C22H24N6/c23-17-3-5-18(6-4-17)24-25-19-7-9-20(10-8-19)26-27-21-11-13-22(14-12-21)28-15-1-2-16-28/h3-11,13H,1-2,12,14-16,23H2. The highest BCUT2D eigenvalue weighted by Gasteiger charge is 2.16. The Hall–Kier alpha value is -3.28. The number of rotatable bonds is 5. The van der Waals surface area contributed by atoms with Crippen molar-refractivity contribution < 1.29 is 0 Å². The van der Waals surface area contributed by atoms with Gasteiger partial charge in [-0.2, -0.15) is 20.5 Å². The predicted molar refractivity (Wildman–Crippen MR) is 112 cm³/mol. The minimum atomic E-state index is 0.713. The molecule has 0 amide bonds. The van der Waals surface area contributed by atoms with E-state index in [0.29, 0.717) is 5.69 Å². The summed E-state index contributed by atoms with van der Waals surface area (Å²) >= 11 is 0. The first-order valence-electron chi connectivity index (χ1n) is 9.70. The average molecular weight is 372 g/mol. The topological polar surface area (TPSA) is 78.7 Å². The zero-order chi connectivity index (χ0) is 19.2. The minimum Gasteiger partial charge on any atom is -0.399 e. The van der Waals surface area contributed by atoms with E-state index in [1.165, 1.54) is 31.6 Å². The molecule has 1 heterocycles. The van der Waals surface area contributed by atoms with Crippen molar-refractivity contribution in [2.24, 2.45) is 20.5 Å². The summed E-state index contributed by atoms with van der Waals surface area (Å²) in [6, 6.07) is 14.9. The fourth-order valence-corrected chi connectivity index (χ4v) is 3.33. The van der Waals surface area contributed by atoms with Gasteiger partial charge in [-0.1, -0.05) is 0 Å². The molecule has 1 fully saturated rings. The van der Waals surface area contributed by atoms with Gasteiger partial charge < -0.3 is 10.6 Å². The number of benzene rings is 2. The van der Waals surface area contributed by atoms with Crippen LogP contribution in [0.1, 0.15) is 25.7 Å². The van der Waals surface area contributed by atoms with Gasteiger partial charge in [-0.05, 0) is 86.4 Å². The fourth-order valence-electron chi connectivity index (χ4n) is 3.33. The van der Waals surface area contributed by atoms with Gasteiger partial charge in [-0.3, -0.25) is 0 Å². The lowest BCUT2D eigenvalue weighted by atomic mass is 10.1. The lowest BCUT2D eigenvalue weighted by Crippen LogP contribution is -2.19. The maximum absolute atomic E-state index is 5.67. The molecule has 0 radical (unpaired) electrons. The second-order valence-electron chi connectivity index (χ2n) is 7.02. The fraction of sp³-hybridized carbons (Fsp3) is 0.273. The van der Waals surface area contributed by atoms with Crippen molar-refractivity contribution in [3.8, 4) is 0 Å². The van der Waals surface area contributed by atoms with Crippen LogP contribution in [0.15, 0.2) is 92.5 Å². The van der Waals surface area contributed by atoms with Gasteiger partial charge >= 0.3 is 0 Å². The van der Waals surface area contributed by atoms with E-state index in [1.54, 1.807) is 12.1 Å². The second-order valence-corrected chi connectivity index (χ2v) is 7.02. The molecule has 6 nitrogen and oxygen atoms in total. The number of azo groups is 2. The molecular formula is C22H24N6. The molecule has 0 aromatic heterocycles. The summed E-state index contributed by atoms with van der Waals surface area (Å²) in [5, 5.41) is 17.2. The Balaban J connectivity index is 1.36. The third kappa shape index (κ3) is 4.71. The number of anilines is 1. The van der Waals surface area contributed by atoms with Crippen molar-refractivity contribution in [1.29, 1.82) is 0 Å². The van der Waals surface area contributed by atoms with Crippen molar-refractivity contribution in [2.45, 2.75) is 25.7 Å². The Labute approximate surface area is 165 Å². The first kappa shape index (κ1) is 18.1. The summed E-state index contributed by atoms with van der Waals surface area (Å²) < 4.78 is 0. The van der Waals surface area contributed by atoms with E-state index in [9.17, 15) is 0 Å². The predicted octanol–water partition coefficient (Wildman–Crippen LogP) is 6.43. The number of hydrogen-bond acceptors (Lipinski definition) is 6. The summed E-state index contributed by atoms with van der Waals surface area (Å²) in [6.07, 6.45) is 8.90. The quantitative estimate of drug-likeness (QED) is 0.485. The van der Waals surface area contributed by atoms with E-state index in [-0.39, 0.29) is 0 Å². The number of nitrogens with two attached hydrogens (primary N) is 1. The Morgan fingerprint density at radius 1 is 0.643 bits per heavy atom. The van der Waals surface area contributed by atoms with E-state index in [0.717, 1.165) is 35.6 Å². The number of nitrogen functional groups attached to an aromatic ring is 1. The Morgan fingerprint density at radius 3 is 1.71 bits per heavy atom. The number of likely N-dealkylation sites (tertiary alicyclic amines) is 1. The zero-order valence-electron chi connectivity index (χ0n) is 15.8. The highest BCUT2D eigenvalue weighted by molar-refractivity contribution is 5.49. The molecule has 2 aromatic carbocycles. The van der Waals surface area contributed by atoms with Gasteiger partial charge in [0.2, 0.25) is 0 Å². The van der Waals surface area contributed by atoms with Crippen molar-refractivity contribution in [3.05, 3.63) is 72.1 Å². The molecule has 2 aromatic rings. The van der Waals surface area contributed by atoms with Gasteiger partial charge in [-0.15, -0.1) is 0 Å². The van der Waals surface area contributed by atoms with Crippen LogP contribution >= 0.6 is 0 Å². The van der Waals surface area contributed by atoms with Crippen LogP contribution in [0.3, 0.4) is 0 Å². The molecule has 0 bridgehead atoms. The Kier molecular flexibility index (Phi) is 5.56. The van der Waals surface area contributed by atoms with Gasteiger partial charge in [0.25, 0.3) is 0 Å². The van der Waals surface area contributed by atoms with Crippen LogP contribution in [0.2, 0.25) is 0 Å². The number of hydrogen-bond donors (Lipinski definition) is 1. The monoisotopic (exact) mass is 372 g/mol. The first-order valence-corrected chi connectivity index (χ1v) is 9.70. The third-order valence-electron chi connectivity index (χ3n) is 4.94. The summed E-state index contributed by atoms with van der Waals surface area (Å²) in [5.41, 5.74) is 11.2. The molecule has 6 heteroatoms. The van der Waals surface area contributed by atoms with Crippen LogP contribution in [0.4, 0.5) is 22.7 Å². The van der Waals surface area contributed by atoms with Crippen molar-refractivity contribution in [2.75, 3.05) is 18.8 Å². The van der Waals surface area contributed by atoms with Crippen LogP contribution in [-0.4, -0.2) is 18.0 Å². The summed E-state index contributed by atoms with van der Waals surface area (Å²) in [6.45, 7) is 2.39. The van der Waals surface area contributed by atoms with Gasteiger partial charge in [-0.25, -0.2) is 0 Å². The van der Waals surface area contributed by atoms with Gasteiger partial charge in [0.1, 0.15) is 0 Å². The largest absolute Gasteiger partial charge is 0.399 e. The molecule has 2 N–H and O–H groups in total. The zero-order valence-corrected chi connectivity index (χ0v) is 15.8. The smallest absolute Gasteiger partial charge is 0.0858 e. The molecule has 2 aliphatic rings. The van der Waals surface area contributed by atoms with Gasteiger partial charge in [0.15, 0.2) is 0 Å². The molecule has 0 atom stereocenters. The Morgan fingerprint density at radius 2 is 1.18 bits per heavy atom. The molecule has 4 rings (SSSR count). The normalized spacial score (nSPS) is 17.4. The van der Waals surface area contributed by atoms with Crippen molar-refractivity contribution in [3.63, 3.8) is 0 Å². The van der Waals surface area contributed by atoms with Crippen LogP contribution in [0.5, 0.6) is 0 Å². The Bertz CT molecular complexity index is 917. The number of allylic oxidation sites excluding steroid dienone is 4. The SMILES string of the molecule is Nc1ccc(N=Nc2ccc(N=NC3=CC=C(N4CCCC4)CC3)cc2)cc1. The van der Waals surface area contributed by atoms with Gasteiger partial charge in [0.05, 0.1) is 22.8 Å². The summed E-state index contributed by atoms with van der Waals surface area (Å²) in [4.78, 5) is 2.49. The molecule has 28 heavy (non-hydrogen) atoms. The lowest BCUT2D eigenvalue weighted by Gasteiger charge is -2.23. The first-order chi connectivity index (χ1) is 13.8. The molecule has 1 aliphatic heterocycles. The maximum Gasteiger partial charge on any atom is 0.0858 e. The molecule has 0 unspecified atom stereocenters. The third-order valence-corrected chi connectivity index (χ3v) is 4.94. The maximum atomic E-state index is 5.67. The molecule has 142 valence electrons. The minimum absolute atomic E-state index is 0.713. The van der Waals surface area contributed by atoms with E-state index < -0.39 is 0 Å². The van der Waals surface area contributed by atoms with E-state index in [1.807, 2.05) is 36.4 Å². The summed E-state index contributed by atoms with van der Waals surface area (Å²) in [7, 11) is 0. The van der Waals surface area contributed by atoms with Crippen LogP contribution in [0.25, 0.3) is 0 Å². The van der Waals surface area contributed by atoms with E-state index in [2.05, 4.69) is 37.5 Å². The van der Waals surface area contributed by atoms with Gasteiger partial charge in [0, 0.05) is 24.5 Å². The van der Waals surface area contributed by atoms with Crippen LogP contribution in [-0.2, 0) is 0 Å². The lowest BCUT2D eigenvalue weighted by molar-refractivity contribution is 0.406. The highest BCUT2D eigenvalue weighted by Crippen LogP contribution is 2.27. The molecule has 0 spiro atoms. The molecular weight excluding hydrogens is 348 g/mol. The average Bonchev–Trinajstić information content (AvgIpc) is 3.28. The second kappa shape index (κ2) is 8.61.